The van der Waals surface area contributed by atoms with Crippen LogP contribution in [0, 0.1) is 5.92 Å². The van der Waals surface area contributed by atoms with E-state index >= 15 is 0 Å². The largest absolute Gasteiger partial charge is 0.272 e. The number of amides is 1. The highest BCUT2D eigenvalue weighted by atomic mass is 32.2. The van der Waals surface area contributed by atoms with E-state index in [1.165, 1.54) is 0 Å². The standard InChI is InChI=1S/C8H18N2O2S/c1-5-7(4)13(9,12)10-8(11)6(2)3/h6-7H,5H2,1-4H3,(H2,9,10,11,12). The zero-order valence-corrected chi connectivity index (χ0v) is 9.43. The number of hydrogen-bond donors (Lipinski definition) is 1. The minimum absolute atomic E-state index is 0.241. The summed E-state index contributed by atoms with van der Waals surface area (Å²) in [6, 6.07) is 0. The summed E-state index contributed by atoms with van der Waals surface area (Å²) >= 11 is 0. The van der Waals surface area contributed by atoms with Crippen LogP contribution >= 0.6 is 0 Å². The Morgan fingerprint density at radius 3 is 2.23 bits per heavy atom. The molecule has 4 nitrogen and oxygen atoms in total. The molecule has 0 aliphatic carbocycles. The predicted molar refractivity (Wildman–Crippen MR) is 54.4 cm³/mol. The molecule has 13 heavy (non-hydrogen) atoms. The molecule has 0 heterocycles. The van der Waals surface area contributed by atoms with E-state index in [4.69, 9.17) is 5.14 Å². The third-order valence-electron chi connectivity index (χ3n) is 1.88. The Morgan fingerprint density at radius 2 is 1.92 bits per heavy atom. The van der Waals surface area contributed by atoms with Crippen molar-refractivity contribution in [2.45, 2.75) is 39.4 Å². The fourth-order valence-electron chi connectivity index (χ4n) is 0.575. The van der Waals surface area contributed by atoms with Crippen molar-refractivity contribution in [3.8, 4) is 0 Å². The summed E-state index contributed by atoms with van der Waals surface area (Å²) in [4.78, 5) is 11.2. The Labute approximate surface area is 80.2 Å². The molecule has 0 saturated heterocycles. The van der Waals surface area contributed by atoms with Gasteiger partial charge in [0.15, 0.2) is 0 Å². The Hall–Kier alpha value is -0.420. The number of hydrogen-bond acceptors (Lipinski definition) is 2. The number of nitrogens with zero attached hydrogens (tertiary/aromatic N) is 1. The van der Waals surface area contributed by atoms with Crippen molar-refractivity contribution in [3.05, 3.63) is 0 Å². The van der Waals surface area contributed by atoms with E-state index in [-0.39, 0.29) is 17.1 Å². The quantitative estimate of drug-likeness (QED) is 0.756. The number of nitrogens with two attached hydrogens (primary N) is 1. The molecule has 0 aromatic heterocycles. The minimum Gasteiger partial charge on any atom is -0.272 e. The molecule has 0 bridgehead atoms. The molecule has 1 amide bonds. The van der Waals surface area contributed by atoms with Crippen LogP contribution in [0.3, 0.4) is 0 Å². The maximum absolute atomic E-state index is 11.6. The molecule has 0 fully saturated rings. The van der Waals surface area contributed by atoms with Crippen LogP contribution in [-0.2, 0) is 14.7 Å². The normalized spacial score (nSPS) is 18.0. The van der Waals surface area contributed by atoms with E-state index in [1.54, 1.807) is 20.8 Å². The van der Waals surface area contributed by atoms with Gasteiger partial charge in [-0.1, -0.05) is 20.8 Å². The molecule has 78 valence electrons. The molecule has 2 atom stereocenters. The molecule has 0 aliphatic rings. The molecular formula is C8H18N2O2S. The van der Waals surface area contributed by atoms with Gasteiger partial charge < -0.3 is 0 Å². The van der Waals surface area contributed by atoms with E-state index in [9.17, 15) is 9.00 Å². The highest BCUT2D eigenvalue weighted by Gasteiger charge is 2.15. The molecule has 0 aromatic rings. The van der Waals surface area contributed by atoms with Gasteiger partial charge in [0.1, 0.15) is 9.92 Å². The van der Waals surface area contributed by atoms with Gasteiger partial charge in [0.05, 0.1) is 5.25 Å². The van der Waals surface area contributed by atoms with Crippen molar-refractivity contribution in [3.63, 3.8) is 0 Å². The number of carbonyl (C=O) groups excluding carboxylic acids is 1. The van der Waals surface area contributed by atoms with Gasteiger partial charge in [-0.15, -0.1) is 4.36 Å². The summed E-state index contributed by atoms with van der Waals surface area (Å²) < 4.78 is 15.2. The van der Waals surface area contributed by atoms with Crippen molar-refractivity contribution >= 4 is 15.8 Å². The van der Waals surface area contributed by atoms with Crippen LogP contribution in [0.25, 0.3) is 0 Å². The lowest BCUT2D eigenvalue weighted by Crippen LogP contribution is -2.27. The van der Waals surface area contributed by atoms with Gasteiger partial charge in [-0.2, -0.15) is 0 Å². The van der Waals surface area contributed by atoms with Crippen molar-refractivity contribution in [1.82, 2.24) is 0 Å². The van der Waals surface area contributed by atoms with Crippen LogP contribution in [0.4, 0.5) is 0 Å². The van der Waals surface area contributed by atoms with E-state index < -0.39 is 9.92 Å². The number of rotatable bonds is 3. The van der Waals surface area contributed by atoms with Gasteiger partial charge in [0.2, 0.25) is 0 Å². The summed E-state index contributed by atoms with van der Waals surface area (Å²) in [7, 11) is -2.83. The van der Waals surface area contributed by atoms with Gasteiger partial charge in [0.25, 0.3) is 5.91 Å². The SMILES string of the molecule is CCC(C)S(N)(=O)=NC(=O)C(C)C. The monoisotopic (exact) mass is 206 g/mol. The molecule has 0 radical (unpaired) electrons. The van der Waals surface area contributed by atoms with Crippen LogP contribution in [-0.4, -0.2) is 15.4 Å². The number of carbonyl (C=O) groups is 1. The Balaban J connectivity index is 4.82. The molecule has 0 aromatic carbocycles. The Kier molecular flexibility index (Phi) is 4.56. The first-order chi connectivity index (χ1) is 5.81. The second-order valence-corrected chi connectivity index (χ2v) is 5.63. The topological polar surface area (TPSA) is 72.5 Å². The highest BCUT2D eigenvalue weighted by Crippen LogP contribution is 2.06. The molecule has 2 N–H and O–H groups in total. The van der Waals surface area contributed by atoms with Crippen molar-refractivity contribution in [1.29, 1.82) is 0 Å². The van der Waals surface area contributed by atoms with Gasteiger partial charge in [0, 0.05) is 5.92 Å². The first kappa shape index (κ1) is 12.6. The summed E-state index contributed by atoms with van der Waals surface area (Å²) in [5.74, 6) is -0.624. The first-order valence-corrected chi connectivity index (χ1v) is 6.03. The van der Waals surface area contributed by atoms with Gasteiger partial charge >= 0.3 is 0 Å². The summed E-state index contributed by atoms with van der Waals surface area (Å²) in [6.45, 7) is 7.02. The fourth-order valence-corrected chi connectivity index (χ4v) is 1.72. The van der Waals surface area contributed by atoms with Gasteiger partial charge in [-0.3, -0.25) is 4.79 Å². The van der Waals surface area contributed by atoms with E-state index in [0.29, 0.717) is 6.42 Å². The lowest BCUT2D eigenvalue weighted by atomic mass is 10.2. The van der Waals surface area contributed by atoms with Crippen molar-refractivity contribution < 1.29 is 9.00 Å². The average molecular weight is 206 g/mol. The summed E-state index contributed by atoms with van der Waals surface area (Å²) in [5.41, 5.74) is 0. The van der Waals surface area contributed by atoms with Gasteiger partial charge in [-0.25, -0.2) is 9.35 Å². The Bertz CT molecular complexity index is 291. The average Bonchev–Trinajstić information content (AvgIpc) is 2.01. The van der Waals surface area contributed by atoms with Crippen molar-refractivity contribution in [2.75, 3.05) is 0 Å². The van der Waals surface area contributed by atoms with Crippen LogP contribution in [0.15, 0.2) is 4.36 Å². The van der Waals surface area contributed by atoms with Crippen LogP contribution < -0.4 is 5.14 Å². The molecular weight excluding hydrogens is 188 g/mol. The molecule has 2 unspecified atom stereocenters. The highest BCUT2D eigenvalue weighted by molar-refractivity contribution is 7.92. The molecule has 5 heteroatoms. The lowest BCUT2D eigenvalue weighted by molar-refractivity contribution is -0.120. The first-order valence-electron chi connectivity index (χ1n) is 4.38. The third kappa shape index (κ3) is 3.87. The summed E-state index contributed by atoms with van der Waals surface area (Å²) in [6.07, 6.45) is 0.657. The zero-order chi connectivity index (χ0) is 10.6. The summed E-state index contributed by atoms with van der Waals surface area (Å²) in [5, 5.41) is 5.21. The van der Waals surface area contributed by atoms with E-state index in [0.717, 1.165) is 0 Å². The van der Waals surface area contributed by atoms with Crippen LogP contribution in [0.2, 0.25) is 0 Å². The van der Waals surface area contributed by atoms with E-state index in [2.05, 4.69) is 4.36 Å². The smallest absolute Gasteiger partial charge is 0.257 e. The van der Waals surface area contributed by atoms with Gasteiger partial charge in [-0.05, 0) is 13.3 Å². The maximum atomic E-state index is 11.6. The van der Waals surface area contributed by atoms with E-state index in [1.807, 2.05) is 6.92 Å². The second kappa shape index (κ2) is 4.72. The lowest BCUT2D eigenvalue weighted by Gasteiger charge is -2.10. The molecule has 0 spiro atoms. The van der Waals surface area contributed by atoms with Crippen molar-refractivity contribution in [2.24, 2.45) is 15.4 Å². The zero-order valence-electron chi connectivity index (χ0n) is 8.61. The third-order valence-corrected chi connectivity index (χ3v) is 3.83. The maximum Gasteiger partial charge on any atom is 0.257 e. The van der Waals surface area contributed by atoms with Crippen LogP contribution in [0.1, 0.15) is 34.1 Å². The molecule has 0 rings (SSSR count). The van der Waals surface area contributed by atoms with Crippen LogP contribution in [0.5, 0.6) is 0 Å². The molecule has 0 saturated carbocycles. The Morgan fingerprint density at radius 1 is 1.46 bits per heavy atom. The second-order valence-electron chi connectivity index (χ2n) is 3.42. The minimum atomic E-state index is -2.83. The predicted octanol–water partition coefficient (Wildman–Crippen LogP) is 1.31. The fraction of sp³-hybridized carbons (Fsp3) is 0.875. The molecule has 0 aliphatic heterocycles.